The maximum absolute atomic E-state index is 13.0. The summed E-state index contributed by atoms with van der Waals surface area (Å²) in [6.45, 7) is 6.79. The summed E-state index contributed by atoms with van der Waals surface area (Å²) < 4.78 is 0. The minimum atomic E-state index is -1.45. The van der Waals surface area contributed by atoms with Crippen molar-refractivity contribution < 1.29 is 39.0 Å². The average Bonchev–Trinajstić information content (AvgIpc) is 2.74. The Labute approximate surface area is 198 Å². The summed E-state index contributed by atoms with van der Waals surface area (Å²) in [5, 5.41) is 25.4. The van der Waals surface area contributed by atoms with Crippen molar-refractivity contribution in [3.63, 3.8) is 0 Å². The number of carboxylic acid groups (broad SMARTS) is 2. The topological polar surface area (TPSA) is 231 Å². The highest BCUT2D eigenvalue weighted by molar-refractivity contribution is 5.94. The summed E-state index contributed by atoms with van der Waals surface area (Å²) in [6.07, 6.45) is -0.390. The number of amides is 4. The molecular weight excluding hydrogens is 450 g/mol. The number of primary amides is 1. The van der Waals surface area contributed by atoms with E-state index in [9.17, 15) is 33.9 Å². The van der Waals surface area contributed by atoms with Gasteiger partial charge < -0.3 is 37.6 Å². The Kier molecular flexibility index (Phi) is 13.4. The molecule has 0 aliphatic heterocycles. The normalized spacial score (nSPS) is 15.4. The molecule has 13 nitrogen and oxygen atoms in total. The summed E-state index contributed by atoms with van der Waals surface area (Å²) in [4.78, 5) is 71.2. The van der Waals surface area contributed by atoms with E-state index >= 15 is 0 Å². The number of carbonyl (C=O) groups excluding carboxylic acids is 4. The molecule has 5 atom stereocenters. The molecule has 13 heteroatoms. The van der Waals surface area contributed by atoms with Crippen LogP contribution < -0.4 is 27.4 Å². The van der Waals surface area contributed by atoms with Gasteiger partial charge in [0.05, 0.1) is 6.04 Å². The molecule has 0 radical (unpaired) electrons. The van der Waals surface area contributed by atoms with Gasteiger partial charge in [-0.25, -0.2) is 4.79 Å². The number of aliphatic carboxylic acids is 2. The van der Waals surface area contributed by atoms with Gasteiger partial charge in [0, 0.05) is 12.8 Å². The Morgan fingerprint density at radius 1 is 0.794 bits per heavy atom. The molecule has 0 bridgehead atoms. The van der Waals surface area contributed by atoms with E-state index in [-0.39, 0.29) is 25.2 Å². The molecule has 0 spiro atoms. The maximum atomic E-state index is 13.0. The van der Waals surface area contributed by atoms with E-state index in [1.807, 2.05) is 0 Å². The molecular formula is C21H37N5O8. The van der Waals surface area contributed by atoms with Gasteiger partial charge in [0.25, 0.3) is 0 Å². The molecule has 5 unspecified atom stereocenters. The number of carboxylic acids is 2. The zero-order valence-electron chi connectivity index (χ0n) is 20.0. The van der Waals surface area contributed by atoms with Crippen molar-refractivity contribution in [3.8, 4) is 0 Å². The minimum absolute atomic E-state index is 0.0000433. The van der Waals surface area contributed by atoms with Crippen molar-refractivity contribution in [2.24, 2.45) is 23.3 Å². The highest BCUT2D eigenvalue weighted by atomic mass is 16.4. The fourth-order valence-electron chi connectivity index (χ4n) is 2.96. The summed E-state index contributed by atoms with van der Waals surface area (Å²) in [7, 11) is 0. The van der Waals surface area contributed by atoms with E-state index in [1.165, 1.54) is 0 Å². The molecule has 34 heavy (non-hydrogen) atoms. The monoisotopic (exact) mass is 487 g/mol. The Bertz CT molecular complexity index is 757. The molecule has 0 aliphatic carbocycles. The van der Waals surface area contributed by atoms with Gasteiger partial charge in [0.2, 0.25) is 23.6 Å². The van der Waals surface area contributed by atoms with Crippen LogP contribution in [0.4, 0.5) is 0 Å². The molecule has 194 valence electrons. The molecule has 0 fully saturated rings. The predicted octanol–water partition coefficient (Wildman–Crippen LogP) is -1.31. The van der Waals surface area contributed by atoms with Gasteiger partial charge in [-0.15, -0.1) is 0 Å². The number of carbonyl (C=O) groups is 6. The molecule has 0 rings (SSSR count). The van der Waals surface area contributed by atoms with Crippen LogP contribution >= 0.6 is 0 Å². The third-order valence-corrected chi connectivity index (χ3v) is 5.34. The standard InChI is InChI=1S/C21H37N5O8/c1-5-11(4)17(26-18(30)12(22)6-8-14(23)27)20(32)25-16(10(2)3)19(31)24-13(21(33)34)7-9-15(28)29/h10-13,16-17H,5-9,22H2,1-4H3,(H2,23,27)(H,24,31)(H,25,32)(H,26,30)(H,28,29)(H,33,34). The first-order valence-corrected chi connectivity index (χ1v) is 11.1. The molecule has 0 heterocycles. The summed E-state index contributed by atoms with van der Waals surface area (Å²) in [6, 6.07) is -4.71. The van der Waals surface area contributed by atoms with Crippen LogP contribution in [-0.2, 0) is 28.8 Å². The molecule has 0 saturated heterocycles. The van der Waals surface area contributed by atoms with E-state index in [1.54, 1.807) is 27.7 Å². The van der Waals surface area contributed by atoms with Gasteiger partial charge in [0.1, 0.15) is 18.1 Å². The van der Waals surface area contributed by atoms with Crippen molar-refractivity contribution in [3.05, 3.63) is 0 Å². The zero-order chi connectivity index (χ0) is 26.6. The van der Waals surface area contributed by atoms with Crippen LogP contribution in [0.25, 0.3) is 0 Å². The highest BCUT2D eigenvalue weighted by Crippen LogP contribution is 2.11. The second-order valence-electron chi connectivity index (χ2n) is 8.55. The van der Waals surface area contributed by atoms with Gasteiger partial charge in [0.15, 0.2) is 0 Å². The molecule has 0 aromatic rings. The second-order valence-corrected chi connectivity index (χ2v) is 8.55. The number of rotatable bonds is 16. The lowest BCUT2D eigenvalue weighted by Gasteiger charge is -2.29. The van der Waals surface area contributed by atoms with Crippen LogP contribution in [0.3, 0.4) is 0 Å². The van der Waals surface area contributed by atoms with Crippen molar-refractivity contribution in [2.45, 2.75) is 84.0 Å². The molecule has 0 aliphatic rings. The lowest BCUT2D eigenvalue weighted by atomic mass is 9.95. The fourth-order valence-corrected chi connectivity index (χ4v) is 2.96. The maximum Gasteiger partial charge on any atom is 0.326 e. The second kappa shape index (κ2) is 14.8. The van der Waals surface area contributed by atoms with Crippen LogP contribution in [0, 0.1) is 11.8 Å². The first kappa shape index (κ1) is 30.8. The van der Waals surface area contributed by atoms with Crippen LogP contribution in [0.1, 0.15) is 59.8 Å². The van der Waals surface area contributed by atoms with E-state index in [0.717, 1.165) is 0 Å². The summed E-state index contributed by atoms with van der Waals surface area (Å²) in [5.74, 6) is -6.16. The first-order valence-electron chi connectivity index (χ1n) is 11.1. The van der Waals surface area contributed by atoms with Crippen LogP contribution in [0.2, 0.25) is 0 Å². The molecule has 0 aromatic carbocycles. The van der Waals surface area contributed by atoms with Crippen LogP contribution in [-0.4, -0.2) is 69.9 Å². The molecule has 0 saturated carbocycles. The van der Waals surface area contributed by atoms with Crippen LogP contribution in [0.5, 0.6) is 0 Å². The van der Waals surface area contributed by atoms with Crippen molar-refractivity contribution in [2.75, 3.05) is 0 Å². The van der Waals surface area contributed by atoms with Crippen molar-refractivity contribution in [1.29, 1.82) is 0 Å². The Morgan fingerprint density at radius 2 is 1.32 bits per heavy atom. The van der Waals surface area contributed by atoms with E-state index in [2.05, 4.69) is 16.0 Å². The summed E-state index contributed by atoms with van der Waals surface area (Å²) >= 11 is 0. The van der Waals surface area contributed by atoms with Gasteiger partial charge in [-0.2, -0.15) is 0 Å². The Morgan fingerprint density at radius 3 is 1.76 bits per heavy atom. The van der Waals surface area contributed by atoms with Gasteiger partial charge in [-0.05, 0) is 24.7 Å². The SMILES string of the molecule is CCC(C)C(NC(=O)C(N)CCC(N)=O)C(=O)NC(C(=O)NC(CCC(=O)O)C(=O)O)C(C)C. The zero-order valence-corrected chi connectivity index (χ0v) is 20.0. The quantitative estimate of drug-likeness (QED) is 0.137. The van der Waals surface area contributed by atoms with Gasteiger partial charge >= 0.3 is 11.9 Å². The smallest absolute Gasteiger partial charge is 0.326 e. The van der Waals surface area contributed by atoms with E-state index in [0.29, 0.717) is 6.42 Å². The summed E-state index contributed by atoms with van der Waals surface area (Å²) in [5.41, 5.74) is 10.8. The predicted molar refractivity (Wildman–Crippen MR) is 121 cm³/mol. The van der Waals surface area contributed by atoms with Crippen molar-refractivity contribution in [1.82, 2.24) is 16.0 Å². The third kappa shape index (κ3) is 11.1. The van der Waals surface area contributed by atoms with Gasteiger partial charge in [-0.3, -0.25) is 24.0 Å². The highest BCUT2D eigenvalue weighted by Gasteiger charge is 2.33. The third-order valence-electron chi connectivity index (χ3n) is 5.34. The van der Waals surface area contributed by atoms with Crippen LogP contribution in [0.15, 0.2) is 0 Å². The van der Waals surface area contributed by atoms with E-state index < -0.39 is 72.1 Å². The van der Waals surface area contributed by atoms with Gasteiger partial charge in [-0.1, -0.05) is 34.1 Å². The number of nitrogens with one attached hydrogen (secondary N) is 3. The minimum Gasteiger partial charge on any atom is -0.481 e. The molecule has 0 aromatic heterocycles. The van der Waals surface area contributed by atoms with Crippen molar-refractivity contribution >= 4 is 35.6 Å². The van der Waals surface area contributed by atoms with E-state index in [4.69, 9.17) is 16.6 Å². The first-order chi connectivity index (χ1) is 15.7. The Hall–Kier alpha value is -3.22. The number of hydrogen-bond acceptors (Lipinski definition) is 7. The molecule has 9 N–H and O–H groups in total. The lowest BCUT2D eigenvalue weighted by Crippen LogP contribution is -2.59. The number of nitrogens with two attached hydrogens (primary N) is 2. The average molecular weight is 488 g/mol. The lowest BCUT2D eigenvalue weighted by molar-refractivity contribution is -0.143. The number of hydrogen-bond donors (Lipinski definition) is 7. The molecule has 4 amide bonds. The largest absolute Gasteiger partial charge is 0.481 e. The fraction of sp³-hybridized carbons (Fsp3) is 0.714. The Balaban J connectivity index is 5.45.